The molecule has 3 nitrogen and oxygen atoms in total. The summed E-state index contributed by atoms with van der Waals surface area (Å²) in [5.74, 6) is -0.720. The molecule has 118 valence electrons. The van der Waals surface area contributed by atoms with Gasteiger partial charge in [0.2, 0.25) is 0 Å². The number of nitrogens with one attached hydrogen (secondary N) is 1. The van der Waals surface area contributed by atoms with E-state index in [-0.39, 0.29) is 11.6 Å². The lowest BCUT2D eigenvalue weighted by Gasteiger charge is -2.10. The van der Waals surface area contributed by atoms with Gasteiger partial charge in [0.25, 0.3) is 5.91 Å². The Morgan fingerprint density at radius 1 is 1.26 bits per heavy atom. The van der Waals surface area contributed by atoms with E-state index >= 15 is 0 Å². The molecule has 1 aromatic heterocycles. The van der Waals surface area contributed by atoms with Gasteiger partial charge in [-0.25, -0.2) is 4.39 Å². The van der Waals surface area contributed by atoms with Crippen LogP contribution in [0.25, 0.3) is 10.9 Å². The second kappa shape index (κ2) is 6.31. The number of hydrogen-bond acceptors (Lipinski definition) is 1. The monoisotopic (exact) mass is 422 g/mol. The zero-order valence-electron chi connectivity index (χ0n) is 12.9. The average molecular weight is 422 g/mol. The van der Waals surface area contributed by atoms with Crippen LogP contribution in [0.1, 0.15) is 23.0 Å². The highest BCUT2D eigenvalue weighted by atomic mass is 127. The number of hydrogen-bond donors (Lipinski definition) is 1. The fourth-order valence-corrected chi connectivity index (χ4v) is 3.32. The molecule has 0 spiro atoms. The van der Waals surface area contributed by atoms with Crippen LogP contribution in [-0.2, 0) is 6.54 Å². The molecule has 0 aliphatic heterocycles. The second-order valence-corrected chi connectivity index (χ2v) is 6.56. The highest BCUT2D eigenvalue weighted by molar-refractivity contribution is 14.1. The van der Waals surface area contributed by atoms with Gasteiger partial charge in [0, 0.05) is 21.0 Å². The smallest absolute Gasteiger partial charge is 0.272 e. The first kappa shape index (κ1) is 16.0. The Hall–Kier alpha value is -1.89. The summed E-state index contributed by atoms with van der Waals surface area (Å²) in [7, 11) is 0. The molecule has 0 saturated carbocycles. The lowest BCUT2D eigenvalue weighted by Crippen LogP contribution is -2.18. The highest BCUT2D eigenvalue weighted by Crippen LogP contribution is 2.27. The van der Waals surface area contributed by atoms with Gasteiger partial charge in [-0.2, -0.15) is 0 Å². The summed E-state index contributed by atoms with van der Waals surface area (Å²) in [6.45, 7) is 4.59. The van der Waals surface area contributed by atoms with Crippen LogP contribution in [0.4, 0.5) is 10.1 Å². The number of rotatable bonds is 3. The molecule has 5 heteroatoms. The number of halogens is 2. The van der Waals surface area contributed by atoms with Gasteiger partial charge in [0.1, 0.15) is 11.5 Å². The molecule has 0 radical (unpaired) electrons. The average Bonchev–Trinajstić information content (AvgIpc) is 2.83. The zero-order valence-corrected chi connectivity index (χ0v) is 15.0. The number of anilines is 1. The van der Waals surface area contributed by atoms with Crippen molar-refractivity contribution in [1.29, 1.82) is 0 Å². The van der Waals surface area contributed by atoms with Crippen molar-refractivity contribution in [1.82, 2.24) is 4.57 Å². The third kappa shape index (κ3) is 2.85. The lowest BCUT2D eigenvalue weighted by molar-refractivity contribution is 0.101. The quantitative estimate of drug-likeness (QED) is 0.595. The highest BCUT2D eigenvalue weighted by Gasteiger charge is 2.20. The van der Waals surface area contributed by atoms with E-state index in [0.717, 1.165) is 20.0 Å². The fourth-order valence-electron chi connectivity index (χ4n) is 2.87. The van der Waals surface area contributed by atoms with Gasteiger partial charge in [-0.1, -0.05) is 18.2 Å². The Morgan fingerprint density at radius 3 is 2.70 bits per heavy atom. The molecule has 1 amide bonds. The van der Waals surface area contributed by atoms with Crippen LogP contribution in [-0.4, -0.2) is 10.5 Å². The Morgan fingerprint density at radius 2 is 2.00 bits per heavy atom. The largest absolute Gasteiger partial charge is 0.337 e. The minimum Gasteiger partial charge on any atom is -0.337 e. The van der Waals surface area contributed by atoms with E-state index in [1.807, 2.05) is 65.3 Å². The standard InChI is InChI=1S/C18H16FIN2O/c1-3-22-16-7-5-4-6-13(16)11(2)17(22)18(23)21-15-9-8-12(20)10-14(15)19/h4-10H,3H2,1-2H3,(H,21,23). The molecule has 3 rings (SSSR count). The van der Waals surface area contributed by atoms with E-state index in [4.69, 9.17) is 0 Å². The molecular formula is C18H16FIN2O. The molecule has 1 N–H and O–H groups in total. The topological polar surface area (TPSA) is 34.0 Å². The van der Waals surface area contributed by atoms with Crippen molar-refractivity contribution in [2.45, 2.75) is 20.4 Å². The number of amides is 1. The number of aryl methyl sites for hydroxylation is 2. The van der Waals surface area contributed by atoms with Crippen molar-refractivity contribution in [2.75, 3.05) is 5.32 Å². The van der Waals surface area contributed by atoms with E-state index in [0.29, 0.717) is 12.2 Å². The van der Waals surface area contributed by atoms with E-state index < -0.39 is 5.82 Å². The maximum Gasteiger partial charge on any atom is 0.272 e. The summed E-state index contributed by atoms with van der Waals surface area (Å²) >= 11 is 2.04. The minimum absolute atomic E-state index is 0.197. The van der Waals surface area contributed by atoms with Crippen molar-refractivity contribution in [3.8, 4) is 0 Å². The van der Waals surface area contributed by atoms with Crippen molar-refractivity contribution in [3.05, 3.63) is 63.1 Å². The Bertz CT molecular complexity index is 901. The van der Waals surface area contributed by atoms with Crippen molar-refractivity contribution < 1.29 is 9.18 Å². The van der Waals surface area contributed by atoms with Gasteiger partial charge in [-0.15, -0.1) is 0 Å². The summed E-state index contributed by atoms with van der Waals surface area (Å²) in [6, 6.07) is 12.7. The molecule has 3 aromatic rings. The Labute approximate surface area is 147 Å². The SMILES string of the molecule is CCn1c(C(=O)Nc2ccc(I)cc2F)c(C)c2ccccc21. The molecule has 0 aliphatic rings. The van der Waals surface area contributed by atoms with E-state index in [9.17, 15) is 9.18 Å². The summed E-state index contributed by atoms with van der Waals surface area (Å²) in [5.41, 5.74) is 2.70. The molecule has 23 heavy (non-hydrogen) atoms. The number of carbonyl (C=O) groups is 1. The third-order valence-corrected chi connectivity index (χ3v) is 4.61. The first-order valence-electron chi connectivity index (χ1n) is 7.37. The zero-order chi connectivity index (χ0) is 16.6. The molecule has 0 atom stereocenters. The number of carbonyl (C=O) groups excluding carboxylic acids is 1. The Balaban J connectivity index is 2.05. The second-order valence-electron chi connectivity index (χ2n) is 5.31. The molecular weight excluding hydrogens is 406 g/mol. The van der Waals surface area contributed by atoms with Gasteiger partial charge in [0.15, 0.2) is 0 Å². The van der Waals surface area contributed by atoms with Gasteiger partial charge in [-0.05, 0) is 66.3 Å². The number of aromatic nitrogens is 1. The number of para-hydroxylation sites is 1. The van der Waals surface area contributed by atoms with Gasteiger partial charge >= 0.3 is 0 Å². The van der Waals surface area contributed by atoms with Crippen LogP contribution in [0.5, 0.6) is 0 Å². The Kier molecular flexibility index (Phi) is 4.39. The third-order valence-electron chi connectivity index (χ3n) is 3.93. The van der Waals surface area contributed by atoms with Gasteiger partial charge in [-0.3, -0.25) is 4.79 Å². The van der Waals surface area contributed by atoms with E-state index in [2.05, 4.69) is 5.32 Å². The summed E-state index contributed by atoms with van der Waals surface area (Å²) in [4.78, 5) is 12.7. The fraction of sp³-hybridized carbons (Fsp3) is 0.167. The molecule has 0 unspecified atom stereocenters. The molecule has 1 heterocycles. The van der Waals surface area contributed by atoms with Crippen LogP contribution in [0, 0.1) is 16.3 Å². The molecule has 2 aromatic carbocycles. The lowest BCUT2D eigenvalue weighted by atomic mass is 10.1. The first-order chi connectivity index (χ1) is 11.0. The van der Waals surface area contributed by atoms with Crippen LogP contribution in [0.2, 0.25) is 0 Å². The maximum absolute atomic E-state index is 14.0. The van der Waals surface area contributed by atoms with Crippen LogP contribution >= 0.6 is 22.6 Å². The van der Waals surface area contributed by atoms with Crippen molar-refractivity contribution in [2.24, 2.45) is 0 Å². The molecule has 0 saturated heterocycles. The first-order valence-corrected chi connectivity index (χ1v) is 8.45. The van der Waals surface area contributed by atoms with Crippen LogP contribution in [0.3, 0.4) is 0 Å². The number of benzene rings is 2. The number of fused-ring (bicyclic) bond motifs is 1. The van der Waals surface area contributed by atoms with Crippen LogP contribution in [0.15, 0.2) is 42.5 Å². The summed E-state index contributed by atoms with van der Waals surface area (Å²) in [6.07, 6.45) is 0. The molecule has 0 aliphatic carbocycles. The molecule has 0 bridgehead atoms. The minimum atomic E-state index is -0.429. The normalized spacial score (nSPS) is 11.0. The van der Waals surface area contributed by atoms with E-state index in [1.165, 1.54) is 6.07 Å². The predicted molar refractivity (Wildman–Crippen MR) is 99.4 cm³/mol. The number of nitrogens with zero attached hydrogens (tertiary/aromatic N) is 1. The van der Waals surface area contributed by atoms with Gasteiger partial charge in [0.05, 0.1) is 5.69 Å². The molecule has 0 fully saturated rings. The summed E-state index contributed by atoms with van der Waals surface area (Å²) in [5, 5.41) is 3.74. The van der Waals surface area contributed by atoms with Crippen molar-refractivity contribution in [3.63, 3.8) is 0 Å². The predicted octanol–water partition coefficient (Wildman–Crippen LogP) is 4.97. The summed E-state index contributed by atoms with van der Waals surface area (Å²) < 4.78 is 16.7. The van der Waals surface area contributed by atoms with Crippen molar-refractivity contribution >= 4 is 45.1 Å². The van der Waals surface area contributed by atoms with Crippen LogP contribution < -0.4 is 5.32 Å². The van der Waals surface area contributed by atoms with Gasteiger partial charge < -0.3 is 9.88 Å². The van der Waals surface area contributed by atoms with E-state index in [1.54, 1.807) is 12.1 Å². The maximum atomic E-state index is 14.0.